The average Bonchev–Trinajstić information content (AvgIpc) is 2.57. The summed E-state index contributed by atoms with van der Waals surface area (Å²) in [4.78, 5) is 3.16. The molecule has 1 aromatic heterocycles. The van der Waals surface area contributed by atoms with Gasteiger partial charge in [-0.25, -0.2) is 4.39 Å². The lowest BCUT2D eigenvalue weighted by Gasteiger charge is -1.96. The molecule has 0 saturated carbocycles. The zero-order chi connectivity index (χ0) is 9.97. The lowest BCUT2D eigenvalue weighted by molar-refractivity contribution is 0.629. The van der Waals surface area contributed by atoms with Crippen LogP contribution in [0.1, 0.15) is 12.0 Å². The molecule has 0 aliphatic rings. The van der Waals surface area contributed by atoms with Crippen molar-refractivity contribution < 1.29 is 4.39 Å². The molecule has 0 spiro atoms. The summed E-state index contributed by atoms with van der Waals surface area (Å²) >= 11 is 2.36. The highest BCUT2D eigenvalue weighted by molar-refractivity contribution is 14.1. The van der Waals surface area contributed by atoms with Crippen LogP contribution in [0.4, 0.5) is 4.39 Å². The SMILES string of the molecule is Fc1ccc2[nH]cc(CCCI)c2c1. The van der Waals surface area contributed by atoms with Gasteiger partial charge in [0, 0.05) is 17.1 Å². The Morgan fingerprint density at radius 3 is 3.00 bits per heavy atom. The van der Waals surface area contributed by atoms with Gasteiger partial charge in [-0.2, -0.15) is 0 Å². The fourth-order valence-electron chi connectivity index (χ4n) is 1.61. The van der Waals surface area contributed by atoms with Crippen LogP contribution < -0.4 is 0 Å². The monoisotopic (exact) mass is 303 g/mol. The van der Waals surface area contributed by atoms with Crippen LogP contribution in [0.3, 0.4) is 0 Å². The highest BCUT2D eigenvalue weighted by atomic mass is 127. The largest absolute Gasteiger partial charge is 0.361 e. The number of aromatic amines is 1. The van der Waals surface area contributed by atoms with E-state index >= 15 is 0 Å². The lowest BCUT2D eigenvalue weighted by atomic mass is 10.1. The summed E-state index contributed by atoms with van der Waals surface area (Å²) in [7, 11) is 0. The summed E-state index contributed by atoms with van der Waals surface area (Å²) in [6, 6.07) is 4.88. The van der Waals surface area contributed by atoms with E-state index in [1.165, 1.54) is 11.6 Å². The van der Waals surface area contributed by atoms with Gasteiger partial charge >= 0.3 is 0 Å². The van der Waals surface area contributed by atoms with Gasteiger partial charge < -0.3 is 4.98 Å². The molecule has 1 N–H and O–H groups in total. The van der Waals surface area contributed by atoms with E-state index in [2.05, 4.69) is 27.6 Å². The molecule has 1 nitrogen and oxygen atoms in total. The van der Waals surface area contributed by atoms with Crippen LogP contribution in [0, 0.1) is 5.82 Å². The molecule has 1 heterocycles. The Labute approximate surface area is 95.8 Å². The number of hydrogen-bond donors (Lipinski definition) is 1. The van der Waals surface area contributed by atoms with Gasteiger partial charge in [0.25, 0.3) is 0 Å². The fraction of sp³-hybridized carbons (Fsp3) is 0.273. The van der Waals surface area contributed by atoms with Crippen LogP contribution in [0.2, 0.25) is 0 Å². The highest BCUT2D eigenvalue weighted by Crippen LogP contribution is 2.20. The van der Waals surface area contributed by atoms with Crippen LogP contribution in [0.25, 0.3) is 10.9 Å². The van der Waals surface area contributed by atoms with Gasteiger partial charge in [-0.15, -0.1) is 0 Å². The predicted octanol–water partition coefficient (Wildman–Crippen LogP) is 3.67. The summed E-state index contributed by atoms with van der Waals surface area (Å²) in [5.41, 5.74) is 2.24. The number of hydrogen-bond acceptors (Lipinski definition) is 0. The van der Waals surface area contributed by atoms with Crippen molar-refractivity contribution in [3.05, 3.63) is 35.8 Å². The zero-order valence-electron chi connectivity index (χ0n) is 7.69. The second kappa shape index (κ2) is 4.29. The molecule has 0 unspecified atom stereocenters. The Balaban J connectivity index is 2.40. The van der Waals surface area contributed by atoms with Gasteiger partial charge in [-0.3, -0.25) is 0 Å². The summed E-state index contributed by atoms with van der Waals surface area (Å²) in [6.45, 7) is 0. The van der Waals surface area contributed by atoms with Gasteiger partial charge in [0.05, 0.1) is 0 Å². The van der Waals surface area contributed by atoms with Crippen molar-refractivity contribution in [3.63, 3.8) is 0 Å². The molecule has 0 aliphatic carbocycles. The second-order valence-electron chi connectivity index (χ2n) is 3.30. The van der Waals surface area contributed by atoms with Crippen LogP contribution in [-0.2, 0) is 6.42 Å². The van der Waals surface area contributed by atoms with Gasteiger partial charge in [0.2, 0.25) is 0 Å². The molecule has 74 valence electrons. The number of alkyl halides is 1. The quantitative estimate of drug-likeness (QED) is 0.658. The minimum Gasteiger partial charge on any atom is -0.361 e. The Bertz CT molecular complexity index is 436. The van der Waals surface area contributed by atoms with Crippen LogP contribution in [-0.4, -0.2) is 9.41 Å². The summed E-state index contributed by atoms with van der Waals surface area (Å²) in [6.07, 6.45) is 4.15. The number of H-pyrrole nitrogens is 1. The molecular formula is C11H11FIN. The molecular weight excluding hydrogens is 292 g/mol. The van der Waals surface area contributed by atoms with Crippen molar-refractivity contribution in [3.8, 4) is 0 Å². The van der Waals surface area contributed by atoms with Gasteiger partial charge in [-0.1, -0.05) is 22.6 Å². The molecule has 2 rings (SSSR count). The first-order chi connectivity index (χ1) is 6.81. The van der Waals surface area contributed by atoms with E-state index in [-0.39, 0.29) is 5.82 Å². The van der Waals surface area contributed by atoms with E-state index < -0.39 is 0 Å². The molecule has 0 radical (unpaired) electrons. The molecule has 0 aliphatic heterocycles. The first kappa shape index (κ1) is 9.96. The summed E-state index contributed by atoms with van der Waals surface area (Å²) < 4.78 is 14.1. The van der Waals surface area contributed by atoms with Crippen LogP contribution in [0.5, 0.6) is 0 Å². The third-order valence-corrected chi connectivity index (χ3v) is 3.07. The number of rotatable bonds is 3. The normalized spacial score (nSPS) is 11.0. The van der Waals surface area contributed by atoms with Crippen molar-refractivity contribution in [1.29, 1.82) is 0 Å². The topological polar surface area (TPSA) is 15.8 Å². The van der Waals surface area contributed by atoms with E-state index in [0.29, 0.717) is 0 Å². The lowest BCUT2D eigenvalue weighted by Crippen LogP contribution is -1.84. The molecule has 0 amide bonds. The number of benzene rings is 1. The maximum absolute atomic E-state index is 13.0. The van der Waals surface area contributed by atoms with E-state index in [0.717, 1.165) is 28.2 Å². The Morgan fingerprint density at radius 1 is 1.36 bits per heavy atom. The molecule has 3 heteroatoms. The third kappa shape index (κ3) is 1.92. The van der Waals surface area contributed by atoms with Crippen molar-refractivity contribution in [2.75, 3.05) is 4.43 Å². The maximum atomic E-state index is 13.0. The molecule has 0 atom stereocenters. The molecule has 0 saturated heterocycles. The molecule has 2 aromatic rings. The van der Waals surface area contributed by atoms with E-state index in [1.54, 1.807) is 12.1 Å². The van der Waals surface area contributed by atoms with Crippen LogP contribution >= 0.6 is 22.6 Å². The van der Waals surface area contributed by atoms with Crippen molar-refractivity contribution >= 4 is 33.5 Å². The number of aromatic nitrogens is 1. The Morgan fingerprint density at radius 2 is 2.21 bits per heavy atom. The Hall–Kier alpha value is -0.580. The molecule has 0 fully saturated rings. The fourth-order valence-corrected chi connectivity index (χ4v) is 2.00. The molecule has 14 heavy (non-hydrogen) atoms. The first-order valence-electron chi connectivity index (χ1n) is 4.63. The van der Waals surface area contributed by atoms with E-state index in [4.69, 9.17) is 0 Å². The minimum absolute atomic E-state index is 0.159. The molecule has 0 bridgehead atoms. The summed E-state index contributed by atoms with van der Waals surface area (Å²) in [5, 5.41) is 1.02. The number of nitrogens with one attached hydrogen (secondary N) is 1. The van der Waals surface area contributed by atoms with Crippen LogP contribution in [0.15, 0.2) is 24.4 Å². The smallest absolute Gasteiger partial charge is 0.123 e. The zero-order valence-corrected chi connectivity index (χ0v) is 9.84. The highest BCUT2D eigenvalue weighted by Gasteiger charge is 2.03. The predicted molar refractivity (Wildman–Crippen MR) is 65.5 cm³/mol. The van der Waals surface area contributed by atoms with Gasteiger partial charge in [0.15, 0.2) is 0 Å². The van der Waals surface area contributed by atoms with Crippen molar-refractivity contribution in [2.45, 2.75) is 12.8 Å². The Kier molecular flexibility index (Phi) is 3.05. The van der Waals surface area contributed by atoms with Gasteiger partial charge in [0.1, 0.15) is 5.82 Å². The third-order valence-electron chi connectivity index (χ3n) is 2.31. The number of fused-ring (bicyclic) bond motifs is 1. The molecule has 1 aromatic carbocycles. The number of halogens is 2. The van der Waals surface area contributed by atoms with Crippen molar-refractivity contribution in [1.82, 2.24) is 4.98 Å². The number of aryl methyl sites for hydroxylation is 1. The minimum atomic E-state index is -0.159. The maximum Gasteiger partial charge on any atom is 0.123 e. The average molecular weight is 303 g/mol. The summed E-state index contributed by atoms with van der Waals surface area (Å²) in [5.74, 6) is -0.159. The van der Waals surface area contributed by atoms with Gasteiger partial charge in [-0.05, 0) is 41.0 Å². The van der Waals surface area contributed by atoms with E-state index in [1.807, 2.05) is 6.20 Å². The standard InChI is InChI=1S/C11H11FIN/c12-9-3-4-11-10(6-9)8(7-14-11)2-1-5-13/h3-4,6-7,14H,1-2,5H2. The van der Waals surface area contributed by atoms with Crippen molar-refractivity contribution in [2.24, 2.45) is 0 Å². The second-order valence-corrected chi connectivity index (χ2v) is 4.38. The first-order valence-corrected chi connectivity index (χ1v) is 6.15. The van der Waals surface area contributed by atoms with E-state index in [9.17, 15) is 4.39 Å².